The third-order valence-electron chi connectivity index (χ3n) is 4.34. The molecule has 0 bridgehead atoms. The van der Waals surface area contributed by atoms with Crippen molar-refractivity contribution in [1.82, 2.24) is 15.5 Å². The van der Waals surface area contributed by atoms with Gasteiger partial charge in [0.05, 0.1) is 6.10 Å². The van der Waals surface area contributed by atoms with Crippen LogP contribution in [-0.2, 0) is 9.53 Å². The topological polar surface area (TPSA) is 67.3 Å². The lowest BCUT2D eigenvalue weighted by molar-refractivity contribution is -0.126. The van der Waals surface area contributed by atoms with Crippen molar-refractivity contribution in [2.75, 3.05) is 31.1 Å². The maximum absolute atomic E-state index is 12.2. The molecule has 2 fully saturated rings. The van der Waals surface area contributed by atoms with Crippen LogP contribution >= 0.6 is 11.6 Å². The Labute approximate surface area is 135 Å². The van der Waals surface area contributed by atoms with E-state index in [9.17, 15) is 4.79 Å². The Bertz CT molecular complexity index is 497. The summed E-state index contributed by atoms with van der Waals surface area (Å²) in [7, 11) is 0. The number of nitrogens with zero attached hydrogens (tertiary/aromatic N) is 3. The zero-order chi connectivity index (χ0) is 15.4. The van der Waals surface area contributed by atoms with Crippen molar-refractivity contribution in [1.29, 1.82) is 0 Å². The van der Waals surface area contributed by atoms with Crippen molar-refractivity contribution in [2.45, 2.75) is 31.8 Å². The predicted octanol–water partition coefficient (Wildman–Crippen LogP) is 1.64. The van der Waals surface area contributed by atoms with Crippen molar-refractivity contribution in [3.8, 4) is 0 Å². The van der Waals surface area contributed by atoms with Crippen LogP contribution in [-0.4, -0.2) is 48.4 Å². The van der Waals surface area contributed by atoms with Crippen LogP contribution in [0.25, 0.3) is 0 Å². The summed E-state index contributed by atoms with van der Waals surface area (Å²) in [5.41, 5.74) is 0. The minimum atomic E-state index is 0.0814. The fraction of sp³-hybridized carbons (Fsp3) is 0.667. The molecular weight excluding hydrogens is 304 g/mol. The van der Waals surface area contributed by atoms with Gasteiger partial charge >= 0.3 is 0 Å². The third-order valence-corrected chi connectivity index (χ3v) is 4.54. The molecule has 0 saturated carbocycles. The quantitative estimate of drug-likeness (QED) is 0.912. The molecule has 2 aliphatic heterocycles. The Balaban J connectivity index is 1.44. The van der Waals surface area contributed by atoms with Gasteiger partial charge in [-0.2, -0.15) is 0 Å². The second kappa shape index (κ2) is 7.24. The van der Waals surface area contributed by atoms with E-state index in [1.165, 1.54) is 0 Å². The molecule has 120 valence electrons. The average molecular weight is 325 g/mol. The largest absolute Gasteiger partial charge is 0.376 e. The average Bonchev–Trinajstić information content (AvgIpc) is 3.07. The second-order valence-electron chi connectivity index (χ2n) is 5.86. The van der Waals surface area contributed by atoms with E-state index in [1.807, 2.05) is 6.07 Å². The van der Waals surface area contributed by atoms with E-state index in [1.54, 1.807) is 6.07 Å². The van der Waals surface area contributed by atoms with E-state index < -0.39 is 0 Å². The summed E-state index contributed by atoms with van der Waals surface area (Å²) in [4.78, 5) is 14.4. The monoisotopic (exact) mass is 324 g/mol. The molecule has 2 aliphatic rings. The third kappa shape index (κ3) is 3.87. The van der Waals surface area contributed by atoms with Gasteiger partial charge in [-0.05, 0) is 37.8 Å². The normalized spacial score (nSPS) is 22.8. The summed E-state index contributed by atoms with van der Waals surface area (Å²) in [5, 5.41) is 11.4. The van der Waals surface area contributed by atoms with Crippen LogP contribution in [0.1, 0.15) is 25.7 Å². The van der Waals surface area contributed by atoms with E-state index >= 15 is 0 Å². The number of aromatic nitrogens is 2. The molecule has 6 nitrogen and oxygen atoms in total. The maximum atomic E-state index is 12.2. The second-order valence-corrected chi connectivity index (χ2v) is 6.24. The van der Waals surface area contributed by atoms with Gasteiger partial charge in [-0.1, -0.05) is 11.6 Å². The highest BCUT2D eigenvalue weighted by molar-refractivity contribution is 6.29. The molecule has 7 heteroatoms. The number of anilines is 1. The first kappa shape index (κ1) is 15.5. The lowest BCUT2D eigenvalue weighted by Gasteiger charge is -2.31. The van der Waals surface area contributed by atoms with Crippen LogP contribution in [0.3, 0.4) is 0 Å². The van der Waals surface area contributed by atoms with E-state index in [2.05, 4.69) is 20.4 Å². The number of piperidine rings is 1. The number of carbonyl (C=O) groups is 1. The number of hydrogen-bond donors (Lipinski definition) is 1. The van der Waals surface area contributed by atoms with Crippen LogP contribution in [0.15, 0.2) is 12.1 Å². The van der Waals surface area contributed by atoms with Gasteiger partial charge in [-0.15, -0.1) is 10.2 Å². The molecule has 22 heavy (non-hydrogen) atoms. The minimum absolute atomic E-state index is 0.0814. The predicted molar refractivity (Wildman–Crippen MR) is 84.0 cm³/mol. The van der Waals surface area contributed by atoms with Gasteiger partial charge in [0.1, 0.15) is 0 Å². The van der Waals surface area contributed by atoms with Crippen molar-refractivity contribution in [3.05, 3.63) is 17.3 Å². The van der Waals surface area contributed by atoms with Gasteiger partial charge in [0.2, 0.25) is 5.91 Å². The number of carbonyl (C=O) groups excluding carboxylic acids is 1. The minimum Gasteiger partial charge on any atom is -0.376 e. The summed E-state index contributed by atoms with van der Waals surface area (Å²) >= 11 is 5.75. The summed E-state index contributed by atoms with van der Waals surface area (Å²) in [6.45, 7) is 3.09. The fourth-order valence-electron chi connectivity index (χ4n) is 3.01. The molecule has 3 rings (SSSR count). The van der Waals surface area contributed by atoms with Crippen molar-refractivity contribution >= 4 is 23.3 Å². The highest BCUT2D eigenvalue weighted by Gasteiger charge is 2.26. The smallest absolute Gasteiger partial charge is 0.223 e. The lowest BCUT2D eigenvalue weighted by atomic mass is 9.96. The fourth-order valence-corrected chi connectivity index (χ4v) is 3.11. The molecule has 0 aromatic carbocycles. The Morgan fingerprint density at radius 1 is 1.32 bits per heavy atom. The molecule has 0 radical (unpaired) electrons. The number of ether oxygens (including phenoxy) is 1. The first-order valence-corrected chi connectivity index (χ1v) is 8.23. The van der Waals surface area contributed by atoms with Crippen LogP contribution in [0, 0.1) is 5.92 Å². The molecule has 1 amide bonds. The molecule has 1 atom stereocenters. The van der Waals surface area contributed by atoms with Crippen LogP contribution in [0.2, 0.25) is 5.15 Å². The van der Waals surface area contributed by atoms with E-state index in [4.69, 9.17) is 16.3 Å². The number of hydrogen-bond acceptors (Lipinski definition) is 5. The molecule has 2 saturated heterocycles. The first-order chi connectivity index (χ1) is 10.7. The van der Waals surface area contributed by atoms with Crippen LogP contribution in [0.4, 0.5) is 5.82 Å². The number of nitrogens with one attached hydrogen (secondary N) is 1. The van der Waals surface area contributed by atoms with E-state index in [0.29, 0.717) is 11.7 Å². The SMILES string of the molecule is O=C(NC[C@@H]1CCCO1)C1CCN(c2ccc(Cl)nn2)CC1. The molecule has 0 unspecified atom stereocenters. The number of rotatable bonds is 4. The molecule has 0 aliphatic carbocycles. The highest BCUT2D eigenvalue weighted by Crippen LogP contribution is 2.22. The molecule has 0 spiro atoms. The Hall–Kier alpha value is -1.40. The Kier molecular flexibility index (Phi) is 5.10. The summed E-state index contributed by atoms with van der Waals surface area (Å²) in [6, 6.07) is 3.61. The maximum Gasteiger partial charge on any atom is 0.223 e. The highest BCUT2D eigenvalue weighted by atomic mass is 35.5. The van der Waals surface area contributed by atoms with E-state index in [0.717, 1.165) is 51.2 Å². The molecule has 1 aromatic rings. The van der Waals surface area contributed by atoms with Gasteiger partial charge in [-0.25, -0.2) is 0 Å². The zero-order valence-electron chi connectivity index (χ0n) is 12.5. The standard InChI is InChI=1S/C15H21ClN4O2/c16-13-3-4-14(19-18-13)20-7-5-11(6-8-20)15(21)17-10-12-2-1-9-22-12/h3-4,11-12H,1-2,5-10H2,(H,17,21)/t12-/m0/s1. The van der Waals surface area contributed by atoms with E-state index in [-0.39, 0.29) is 17.9 Å². The summed E-state index contributed by atoms with van der Waals surface area (Å²) < 4.78 is 5.53. The molecule has 1 N–H and O–H groups in total. The summed E-state index contributed by atoms with van der Waals surface area (Å²) in [6.07, 6.45) is 4.02. The van der Waals surface area contributed by atoms with Crippen LogP contribution < -0.4 is 10.2 Å². The molecule has 1 aromatic heterocycles. The van der Waals surface area contributed by atoms with Crippen molar-refractivity contribution in [2.24, 2.45) is 5.92 Å². The van der Waals surface area contributed by atoms with Gasteiger partial charge in [-0.3, -0.25) is 4.79 Å². The van der Waals surface area contributed by atoms with Gasteiger partial charge < -0.3 is 15.0 Å². The lowest BCUT2D eigenvalue weighted by Crippen LogP contribution is -2.42. The van der Waals surface area contributed by atoms with Crippen LogP contribution in [0.5, 0.6) is 0 Å². The Morgan fingerprint density at radius 3 is 2.77 bits per heavy atom. The van der Waals surface area contributed by atoms with Crippen molar-refractivity contribution in [3.63, 3.8) is 0 Å². The van der Waals surface area contributed by atoms with Gasteiger partial charge in [0, 0.05) is 32.2 Å². The van der Waals surface area contributed by atoms with Crippen molar-refractivity contribution < 1.29 is 9.53 Å². The summed E-state index contributed by atoms with van der Waals surface area (Å²) in [5.74, 6) is 1.05. The molecular formula is C15H21ClN4O2. The van der Waals surface area contributed by atoms with Gasteiger partial charge in [0.25, 0.3) is 0 Å². The molecule has 3 heterocycles. The number of amides is 1. The first-order valence-electron chi connectivity index (χ1n) is 7.86. The number of halogens is 1. The van der Waals surface area contributed by atoms with Gasteiger partial charge in [0.15, 0.2) is 11.0 Å². The Morgan fingerprint density at radius 2 is 2.14 bits per heavy atom. The zero-order valence-corrected chi connectivity index (χ0v) is 13.3.